The van der Waals surface area contributed by atoms with Gasteiger partial charge in [-0.15, -0.1) is 0 Å². The van der Waals surface area contributed by atoms with E-state index >= 15 is 0 Å². The topological polar surface area (TPSA) is 71.5 Å². The molecule has 1 atom stereocenters. The summed E-state index contributed by atoms with van der Waals surface area (Å²) in [5.41, 5.74) is 1.98. The highest BCUT2D eigenvalue weighted by Crippen LogP contribution is 2.35. The molecule has 27 heavy (non-hydrogen) atoms. The van der Waals surface area contributed by atoms with Crippen LogP contribution in [0.15, 0.2) is 12.4 Å². The average molecular weight is 365 g/mol. The maximum absolute atomic E-state index is 12.5. The Kier molecular flexibility index (Phi) is 4.30. The van der Waals surface area contributed by atoms with Gasteiger partial charge in [-0.2, -0.15) is 5.10 Å². The first kappa shape index (κ1) is 17.5. The van der Waals surface area contributed by atoms with E-state index in [0.717, 1.165) is 18.4 Å². The van der Waals surface area contributed by atoms with E-state index < -0.39 is 0 Å². The Morgan fingerprint density at radius 3 is 2.67 bits per heavy atom. The van der Waals surface area contributed by atoms with Crippen molar-refractivity contribution < 1.29 is 4.79 Å². The number of rotatable bonds is 3. The molecule has 2 aromatic heterocycles. The molecule has 2 aromatic rings. The van der Waals surface area contributed by atoms with E-state index in [4.69, 9.17) is 11.6 Å². The van der Waals surface area contributed by atoms with Crippen LogP contribution in [-0.4, -0.2) is 56.2 Å². The van der Waals surface area contributed by atoms with Gasteiger partial charge >= 0.3 is 0 Å². The van der Waals surface area contributed by atoms with Gasteiger partial charge in [0.15, 0.2) is 5.82 Å². The Hall–Kier alpha value is -2.95. The van der Waals surface area contributed by atoms with Crippen molar-refractivity contribution in [1.29, 1.82) is 0 Å². The van der Waals surface area contributed by atoms with Crippen molar-refractivity contribution in [3.05, 3.63) is 29.5 Å². The van der Waals surface area contributed by atoms with E-state index in [-0.39, 0.29) is 17.9 Å². The Morgan fingerprint density at radius 2 is 2.07 bits per heavy atom. The zero-order valence-electron chi connectivity index (χ0n) is 15.9. The highest BCUT2D eigenvalue weighted by Gasteiger charge is 2.37. The molecular formula is C19H23N7O. The number of aryl methyl sites for hydroxylation is 2. The van der Waals surface area contributed by atoms with E-state index in [2.05, 4.69) is 26.8 Å². The summed E-state index contributed by atoms with van der Waals surface area (Å²) in [6.45, 7) is 13.5. The van der Waals surface area contributed by atoms with Crippen LogP contribution in [0.2, 0.25) is 0 Å². The number of aromatic nitrogens is 4. The van der Waals surface area contributed by atoms with Crippen LogP contribution in [0.4, 0.5) is 11.5 Å². The normalized spacial score (nSPS) is 19.9. The molecule has 140 valence electrons. The number of piperazine rings is 1. The molecule has 4 rings (SSSR count). The van der Waals surface area contributed by atoms with E-state index in [1.165, 1.54) is 0 Å². The summed E-state index contributed by atoms with van der Waals surface area (Å²) < 4.78 is 1.71. The molecule has 0 bridgehead atoms. The number of nitrogens with zero attached hydrogens (tertiary/aromatic N) is 7. The average Bonchev–Trinajstić information content (AvgIpc) is 3.41. The Labute approximate surface area is 158 Å². The number of carbonyl (C=O) groups is 1. The van der Waals surface area contributed by atoms with E-state index in [9.17, 15) is 4.79 Å². The molecule has 3 heterocycles. The molecule has 8 nitrogen and oxygen atoms in total. The van der Waals surface area contributed by atoms with Gasteiger partial charge in [0.1, 0.15) is 5.82 Å². The lowest BCUT2D eigenvalue weighted by Gasteiger charge is -2.41. The second kappa shape index (κ2) is 6.65. The number of amides is 1. The maximum atomic E-state index is 12.5. The highest BCUT2D eigenvalue weighted by molar-refractivity contribution is 5.82. The van der Waals surface area contributed by atoms with Crippen LogP contribution in [-0.2, 0) is 11.8 Å². The SMILES string of the molecule is [C-]#[N+]c1c(C)nc(-c2cnn(C)c2)nc1N1CCN(C(=O)C2CC2)C(C)C1. The molecule has 1 amide bonds. The zero-order chi connectivity index (χ0) is 19.1. The van der Waals surface area contributed by atoms with Crippen molar-refractivity contribution >= 4 is 17.4 Å². The quantitative estimate of drug-likeness (QED) is 0.780. The molecule has 1 aliphatic carbocycles. The molecule has 2 fully saturated rings. The summed E-state index contributed by atoms with van der Waals surface area (Å²) in [6, 6.07) is 0.0996. The van der Waals surface area contributed by atoms with Crippen LogP contribution in [0.5, 0.6) is 0 Å². The van der Waals surface area contributed by atoms with Gasteiger partial charge < -0.3 is 9.80 Å². The van der Waals surface area contributed by atoms with Crippen molar-refractivity contribution in [2.24, 2.45) is 13.0 Å². The van der Waals surface area contributed by atoms with Crippen molar-refractivity contribution in [2.45, 2.75) is 32.7 Å². The second-order valence-corrected chi connectivity index (χ2v) is 7.42. The van der Waals surface area contributed by atoms with E-state index in [0.29, 0.717) is 42.7 Å². The van der Waals surface area contributed by atoms with Crippen molar-refractivity contribution in [1.82, 2.24) is 24.6 Å². The minimum absolute atomic E-state index is 0.0996. The molecule has 1 saturated heterocycles. The molecule has 0 aromatic carbocycles. The van der Waals surface area contributed by atoms with Crippen LogP contribution < -0.4 is 4.90 Å². The van der Waals surface area contributed by atoms with E-state index in [1.807, 2.05) is 25.1 Å². The first-order valence-electron chi connectivity index (χ1n) is 9.28. The Bertz CT molecular complexity index is 925. The zero-order valence-corrected chi connectivity index (χ0v) is 15.9. The first-order chi connectivity index (χ1) is 13.0. The van der Waals surface area contributed by atoms with Gasteiger partial charge in [0.25, 0.3) is 0 Å². The van der Waals surface area contributed by atoms with Gasteiger partial charge in [-0.1, -0.05) is 0 Å². The van der Waals surface area contributed by atoms with Gasteiger partial charge in [-0.3, -0.25) is 9.48 Å². The molecule has 8 heteroatoms. The van der Waals surface area contributed by atoms with Crippen LogP contribution in [0.1, 0.15) is 25.5 Å². The third-order valence-electron chi connectivity index (χ3n) is 5.25. The largest absolute Gasteiger partial charge is 0.361 e. The molecule has 1 aliphatic heterocycles. The molecule has 0 radical (unpaired) electrons. The van der Waals surface area contributed by atoms with Crippen LogP contribution in [0, 0.1) is 19.4 Å². The van der Waals surface area contributed by atoms with Crippen LogP contribution in [0.25, 0.3) is 16.2 Å². The fourth-order valence-electron chi connectivity index (χ4n) is 3.61. The highest BCUT2D eigenvalue weighted by atomic mass is 16.2. The van der Waals surface area contributed by atoms with Crippen molar-refractivity contribution in [3.8, 4) is 11.4 Å². The number of hydrogen-bond acceptors (Lipinski definition) is 5. The third-order valence-corrected chi connectivity index (χ3v) is 5.25. The van der Waals surface area contributed by atoms with Gasteiger partial charge in [0, 0.05) is 44.8 Å². The van der Waals surface area contributed by atoms with Crippen LogP contribution in [0.3, 0.4) is 0 Å². The van der Waals surface area contributed by atoms with Crippen molar-refractivity contribution in [3.63, 3.8) is 0 Å². The summed E-state index contributed by atoms with van der Waals surface area (Å²) in [4.78, 5) is 29.5. The number of anilines is 1. The Morgan fingerprint density at radius 1 is 1.30 bits per heavy atom. The van der Waals surface area contributed by atoms with Gasteiger partial charge in [-0.25, -0.2) is 14.8 Å². The lowest BCUT2D eigenvalue weighted by Crippen LogP contribution is -2.54. The fourth-order valence-corrected chi connectivity index (χ4v) is 3.61. The summed E-state index contributed by atoms with van der Waals surface area (Å²) in [6.07, 6.45) is 5.64. The van der Waals surface area contributed by atoms with Gasteiger partial charge in [0.2, 0.25) is 11.6 Å². The summed E-state index contributed by atoms with van der Waals surface area (Å²) in [5, 5.41) is 4.19. The molecule has 1 saturated carbocycles. The lowest BCUT2D eigenvalue weighted by molar-refractivity contribution is -0.134. The van der Waals surface area contributed by atoms with Crippen LogP contribution >= 0.6 is 0 Å². The predicted molar refractivity (Wildman–Crippen MR) is 101 cm³/mol. The molecular weight excluding hydrogens is 342 g/mol. The minimum Gasteiger partial charge on any atom is -0.361 e. The standard InChI is InChI=1S/C19H23N7O/c1-12-10-25(7-8-26(12)19(27)14-5-6-14)18-16(20-3)13(2)22-17(23-18)15-9-21-24(4)11-15/h9,11-12,14H,5-8,10H2,1-2,4H3. The predicted octanol–water partition coefficient (Wildman–Crippen LogP) is 2.18. The summed E-state index contributed by atoms with van der Waals surface area (Å²) >= 11 is 0. The maximum Gasteiger partial charge on any atom is 0.249 e. The number of carbonyl (C=O) groups excluding carboxylic acids is 1. The fraction of sp³-hybridized carbons (Fsp3) is 0.526. The molecule has 0 spiro atoms. The summed E-state index contributed by atoms with van der Waals surface area (Å²) in [5.74, 6) is 1.74. The first-order valence-corrected chi connectivity index (χ1v) is 9.28. The monoisotopic (exact) mass is 365 g/mol. The van der Waals surface area contributed by atoms with E-state index in [1.54, 1.807) is 10.9 Å². The Balaban J connectivity index is 1.63. The van der Waals surface area contributed by atoms with Crippen molar-refractivity contribution in [2.75, 3.05) is 24.5 Å². The molecule has 1 unspecified atom stereocenters. The van der Waals surface area contributed by atoms with Gasteiger partial charge in [-0.05, 0) is 26.7 Å². The minimum atomic E-state index is 0.0996. The smallest absolute Gasteiger partial charge is 0.249 e. The number of hydrogen-bond donors (Lipinski definition) is 0. The lowest BCUT2D eigenvalue weighted by atomic mass is 10.1. The van der Waals surface area contributed by atoms with Gasteiger partial charge in [0.05, 0.1) is 24.0 Å². The molecule has 2 aliphatic rings. The summed E-state index contributed by atoms with van der Waals surface area (Å²) in [7, 11) is 1.85. The second-order valence-electron chi connectivity index (χ2n) is 7.42. The molecule has 0 N–H and O–H groups in total. The third kappa shape index (κ3) is 3.25.